The van der Waals surface area contributed by atoms with Gasteiger partial charge >= 0.3 is 6.03 Å². The van der Waals surface area contributed by atoms with Crippen LogP contribution in [0.1, 0.15) is 5.56 Å². The van der Waals surface area contributed by atoms with Crippen LogP contribution in [0.4, 0.5) is 4.79 Å². The molecule has 0 aromatic heterocycles. The van der Waals surface area contributed by atoms with Crippen LogP contribution in [0.25, 0.3) is 6.08 Å². The number of carbonyl (C=O) groups excluding carboxylic acids is 2. The lowest BCUT2D eigenvalue weighted by molar-refractivity contribution is -0.116. The normalized spacial score (nSPS) is 10.9. The predicted octanol–water partition coefficient (Wildman–Crippen LogP) is 1.35. The molecule has 0 bridgehead atoms. The molecule has 102 valence electrons. The minimum Gasteiger partial charge on any atom is -0.497 e. The SMILES string of the molecule is COc1ccc(/C=C/C=C(/C#N)C(=O)NC(N)=O)cc1. The molecule has 0 aliphatic heterocycles. The van der Waals surface area contributed by atoms with E-state index in [-0.39, 0.29) is 5.57 Å². The molecular formula is C14H13N3O3. The van der Waals surface area contributed by atoms with Crippen LogP contribution in [0.2, 0.25) is 0 Å². The number of hydrogen-bond acceptors (Lipinski definition) is 4. The van der Waals surface area contributed by atoms with E-state index in [1.807, 2.05) is 17.4 Å². The molecule has 0 radical (unpaired) electrons. The van der Waals surface area contributed by atoms with Crippen LogP contribution in [0.5, 0.6) is 5.75 Å². The van der Waals surface area contributed by atoms with Crippen molar-refractivity contribution in [3.05, 3.63) is 47.6 Å². The highest BCUT2D eigenvalue weighted by Gasteiger charge is 2.09. The molecule has 0 heterocycles. The first-order valence-corrected chi connectivity index (χ1v) is 5.60. The van der Waals surface area contributed by atoms with Crippen molar-refractivity contribution in [2.45, 2.75) is 0 Å². The Balaban J connectivity index is 2.77. The highest BCUT2D eigenvalue weighted by atomic mass is 16.5. The zero-order valence-corrected chi connectivity index (χ0v) is 10.8. The van der Waals surface area contributed by atoms with E-state index in [0.29, 0.717) is 0 Å². The Labute approximate surface area is 116 Å². The van der Waals surface area contributed by atoms with Gasteiger partial charge in [0.1, 0.15) is 17.4 Å². The minimum atomic E-state index is -1.00. The van der Waals surface area contributed by atoms with Crippen LogP contribution in [0, 0.1) is 11.3 Å². The average Bonchev–Trinajstić information content (AvgIpc) is 2.43. The van der Waals surface area contributed by atoms with E-state index in [2.05, 4.69) is 0 Å². The van der Waals surface area contributed by atoms with E-state index >= 15 is 0 Å². The molecule has 1 aromatic rings. The lowest BCUT2D eigenvalue weighted by atomic mass is 10.2. The number of ether oxygens (including phenoxy) is 1. The Kier molecular flexibility index (Phi) is 5.53. The highest BCUT2D eigenvalue weighted by molar-refractivity contribution is 6.05. The third kappa shape index (κ3) is 4.66. The van der Waals surface area contributed by atoms with Crippen LogP contribution >= 0.6 is 0 Å². The van der Waals surface area contributed by atoms with Gasteiger partial charge in [0, 0.05) is 0 Å². The molecule has 20 heavy (non-hydrogen) atoms. The molecule has 3 amide bonds. The smallest absolute Gasteiger partial charge is 0.319 e. The molecule has 1 aromatic carbocycles. The highest BCUT2D eigenvalue weighted by Crippen LogP contribution is 2.12. The summed E-state index contributed by atoms with van der Waals surface area (Å²) < 4.78 is 5.02. The average molecular weight is 271 g/mol. The summed E-state index contributed by atoms with van der Waals surface area (Å²) in [6, 6.07) is 7.89. The summed E-state index contributed by atoms with van der Waals surface area (Å²) in [5.74, 6) is -0.101. The van der Waals surface area contributed by atoms with Gasteiger partial charge in [-0.05, 0) is 23.8 Å². The van der Waals surface area contributed by atoms with E-state index < -0.39 is 11.9 Å². The number of nitrogens with zero attached hydrogens (tertiary/aromatic N) is 1. The van der Waals surface area contributed by atoms with Gasteiger partial charge in [-0.2, -0.15) is 5.26 Å². The lowest BCUT2D eigenvalue weighted by Crippen LogP contribution is -2.35. The van der Waals surface area contributed by atoms with Crippen molar-refractivity contribution in [1.82, 2.24) is 5.32 Å². The Hall–Kier alpha value is -3.07. The van der Waals surface area contributed by atoms with E-state index in [1.165, 1.54) is 12.2 Å². The number of nitrogens with two attached hydrogens (primary N) is 1. The Morgan fingerprint density at radius 1 is 1.35 bits per heavy atom. The Morgan fingerprint density at radius 2 is 2.00 bits per heavy atom. The number of imide groups is 1. The van der Waals surface area contributed by atoms with Crippen molar-refractivity contribution in [2.24, 2.45) is 5.73 Å². The van der Waals surface area contributed by atoms with Crippen LogP contribution in [-0.4, -0.2) is 19.0 Å². The number of carbonyl (C=O) groups is 2. The summed E-state index contributed by atoms with van der Waals surface area (Å²) in [7, 11) is 1.57. The molecular weight excluding hydrogens is 258 g/mol. The molecule has 0 atom stereocenters. The standard InChI is InChI=1S/C14H13N3O3/c1-20-12-7-5-10(6-8-12)3-2-4-11(9-15)13(18)17-14(16)19/h2-8H,1H3,(H3,16,17,18,19)/b3-2+,11-4-. The fourth-order valence-corrected chi connectivity index (χ4v) is 1.31. The number of hydrogen-bond donors (Lipinski definition) is 2. The molecule has 6 heteroatoms. The molecule has 0 aliphatic carbocycles. The second kappa shape index (κ2) is 7.38. The fraction of sp³-hybridized carbons (Fsp3) is 0.0714. The summed E-state index contributed by atoms with van der Waals surface area (Å²) >= 11 is 0. The minimum absolute atomic E-state index is 0.214. The molecule has 0 saturated carbocycles. The quantitative estimate of drug-likeness (QED) is 0.490. The van der Waals surface area contributed by atoms with Crippen LogP contribution in [0.15, 0.2) is 42.0 Å². The molecule has 0 saturated heterocycles. The van der Waals surface area contributed by atoms with Crippen LogP contribution in [0.3, 0.4) is 0 Å². The second-order valence-electron chi connectivity index (χ2n) is 3.64. The van der Waals surface area contributed by atoms with E-state index in [9.17, 15) is 9.59 Å². The van der Waals surface area contributed by atoms with Crippen LogP contribution < -0.4 is 15.8 Å². The van der Waals surface area contributed by atoms with Gasteiger partial charge in [-0.3, -0.25) is 10.1 Å². The van der Waals surface area contributed by atoms with Crippen molar-refractivity contribution in [2.75, 3.05) is 7.11 Å². The lowest BCUT2D eigenvalue weighted by Gasteiger charge is -1.99. The number of primary amides is 1. The van der Waals surface area contributed by atoms with Crippen molar-refractivity contribution in [3.8, 4) is 11.8 Å². The molecule has 0 unspecified atom stereocenters. The maximum atomic E-state index is 11.4. The molecule has 0 fully saturated rings. The summed E-state index contributed by atoms with van der Waals surface area (Å²) in [4.78, 5) is 21.9. The first-order chi connectivity index (χ1) is 9.56. The van der Waals surface area contributed by atoms with Crippen molar-refractivity contribution >= 4 is 18.0 Å². The maximum absolute atomic E-state index is 11.4. The molecule has 0 aliphatic rings. The zero-order valence-electron chi connectivity index (χ0n) is 10.8. The second-order valence-corrected chi connectivity index (χ2v) is 3.64. The van der Waals surface area contributed by atoms with Gasteiger partial charge in [-0.1, -0.05) is 24.3 Å². The van der Waals surface area contributed by atoms with Crippen molar-refractivity contribution in [3.63, 3.8) is 0 Å². The van der Waals surface area contributed by atoms with Crippen LogP contribution in [-0.2, 0) is 4.79 Å². The third-order valence-electron chi connectivity index (χ3n) is 2.27. The number of methoxy groups -OCH3 is 1. The monoisotopic (exact) mass is 271 g/mol. The van der Waals surface area contributed by atoms with Gasteiger partial charge in [-0.25, -0.2) is 4.79 Å². The van der Waals surface area contributed by atoms with E-state index in [1.54, 1.807) is 31.4 Å². The van der Waals surface area contributed by atoms with Gasteiger partial charge in [-0.15, -0.1) is 0 Å². The number of nitrogens with one attached hydrogen (secondary N) is 1. The molecule has 1 rings (SSSR count). The van der Waals surface area contributed by atoms with Crippen molar-refractivity contribution < 1.29 is 14.3 Å². The first-order valence-electron chi connectivity index (χ1n) is 5.60. The Morgan fingerprint density at radius 3 is 2.50 bits per heavy atom. The van der Waals surface area contributed by atoms with Gasteiger partial charge < -0.3 is 10.5 Å². The van der Waals surface area contributed by atoms with Gasteiger partial charge in [0.15, 0.2) is 0 Å². The first kappa shape index (κ1) is 15.0. The van der Waals surface area contributed by atoms with Gasteiger partial charge in [0.05, 0.1) is 7.11 Å². The molecule has 3 N–H and O–H groups in total. The summed E-state index contributed by atoms with van der Waals surface area (Å²) in [5, 5.41) is 10.6. The number of allylic oxidation sites excluding steroid dienone is 2. The van der Waals surface area contributed by atoms with Gasteiger partial charge in [0.25, 0.3) is 5.91 Å². The zero-order chi connectivity index (χ0) is 15.0. The van der Waals surface area contributed by atoms with E-state index in [4.69, 9.17) is 15.7 Å². The summed E-state index contributed by atoms with van der Waals surface area (Å²) in [5.41, 5.74) is 5.45. The molecule has 6 nitrogen and oxygen atoms in total. The van der Waals surface area contributed by atoms with E-state index in [0.717, 1.165) is 11.3 Å². The third-order valence-corrected chi connectivity index (χ3v) is 2.27. The molecule has 0 spiro atoms. The number of amides is 3. The summed E-state index contributed by atoms with van der Waals surface area (Å²) in [6.45, 7) is 0. The maximum Gasteiger partial charge on any atom is 0.319 e. The number of nitriles is 1. The number of rotatable bonds is 4. The largest absolute Gasteiger partial charge is 0.497 e. The van der Waals surface area contributed by atoms with Gasteiger partial charge in [0.2, 0.25) is 0 Å². The topological polar surface area (TPSA) is 105 Å². The Bertz CT molecular complexity index is 595. The number of benzene rings is 1. The predicted molar refractivity (Wildman–Crippen MR) is 73.5 cm³/mol. The fourth-order valence-electron chi connectivity index (χ4n) is 1.31. The number of urea groups is 1. The van der Waals surface area contributed by atoms with Crippen molar-refractivity contribution in [1.29, 1.82) is 5.26 Å². The summed E-state index contributed by atoms with van der Waals surface area (Å²) in [6.07, 6.45) is 4.53.